The Balaban J connectivity index is 0.00000320. The maximum Gasteiger partial charge on any atom is 0.191 e. The van der Waals surface area contributed by atoms with Crippen LogP contribution >= 0.6 is 24.0 Å². The van der Waals surface area contributed by atoms with Crippen molar-refractivity contribution in [1.29, 1.82) is 0 Å². The summed E-state index contributed by atoms with van der Waals surface area (Å²) in [7, 11) is 3.47. The minimum absolute atomic E-state index is 0. The van der Waals surface area contributed by atoms with Crippen LogP contribution in [0.2, 0.25) is 0 Å². The molecule has 0 atom stereocenters. The summed E-state index contributed by atoms with van der Waals surface area (Å²) in [6, 6.07) is 18.8. The number of rotatable bonds is 8. The van der Waals surface area contributed by atoms with E-state index < -0.39 is 0 Å². The Hall–Kier alpha value is -2.00. The van der Waals surface area contributed by atoms with Gasteiger partial charge in [-0.1, -0.05) is 30.3 Å². The van der Waals surface area contributed by atoms with E-state index in [9.17, 15) is 0 Å². The summed E-state index contributed by atoms with van der Waals surface area (Å²) in [6.45, 7) is 4.50. The first-order valence-corrected chi connectivity index (χ1v) is 10.3. The Morgan fingerprint density at radius 1 is 1.03 bits per heavy atom. The lowest BCUT2D eigenvalue weighted by Gasteiger charge is -2.33. The molecule has 2 aromatic carbocycles. The topological polar surface area (TPSA) is 58.1 Å². The second-order valence-electron chi connectivity index (χ2n) is 7.20. The number of hydrogen-bond donors (Lipinski definition) is 2. The fraction of sp³-hybridized carbons (Fsp3) is 0.435. The van der Waals surface area contributed by atoms with Gasteiger partial charge in [-0.05, 0) is 42.7 Å². The number of piperidine rings is 1. The molecule has 0 radical (unpaired) electrons. The first-order valence-electron chi connectivity index (χ1n) is 10.3. The Kier molecular flexibility index (Phi) is 10.8. The van der Waals surface area contributed by atoms with Crippen LogP contribution in [0.3, 0.4) is 0 Å². The highest BCUT2D eigenvalue weighted by molar-refractivity contribution is 14.0. The molecule has 3 rings (SSSR count). The zero-order valence-corrected chi connectivity index (χ0v) is 20.2. The average molecular weight is 524 g/mol. The summed E-state index contributed by atoms with van der Waals surface area (Å²) in [5.41, 5.74) is 1.38. The van der Waals surface area contributed by atoms with Crippen LogP contribution in [0.4, 0.5) is 0 Å². The van der Waals surface area contributed by atoms with Crippen LogP contribution in [0.25, 0.3) is 0 Å². The van der Waals surface area contributed by atoms with Crippen LogP contribution in [-0.2, 0) is 6.54 Å². The fourth-order valence-corrected chi connectivity index (χ4v) is 3.48. The molecule has 0 amide bonds. The van der Waals surface area contributed by atoms with Crippen LogP contribution < -0.4 is 20.1 Å². The molecule has 1 aliphatic rings. The Labute approximate surface area is 197 Å². The van der Waals surface area contributed by atoms with Crippen molar-refractivity contribution >= 4 is 29.9 Å². The van der Waals surface area contributed by atoms with Gasteiger partial charge in [-0.3, -0.25) is 9.89 Å². The normalized spacial score (nSPS) is 15.2. The maximum absolute atomic E-state index is 5.75. The van der Waals surface area contributed by atoms with Gasteiger partial charge in [0.2, 0.25) is 0 Å². The summed E-state index contributed by atoms with van der Waals surface area (Å²) >= 11 is 0. The summed E-state index contributed by atoms with van der Waals surface area (Å²) in [6.07, 6.45) is 2.24. The second-order valence-corrected chi connectivity index (χ2v) is 7.20. The van der Waals surface area contributed by atoms with Crippen LogP contribution in [0, 0.1) is 0 Å². The molecule has 1 heterocycles. The van der Waals surface area contributed by atoms with E-state index in [2.05, 4.69) is 50.9 Å². The molecular weight excluding hydrogens is 491 g/mol. The molecule has 1 fully saturated rings. The molecule has 6 nitrogen and oxygen atoms in total. The predicted molar refractivity (Wildman–Crippen MR) is 133 cm³/mol. The largest absolute Gasteiger partial charge is 0.497 e. The van der Waals surface area contributed by atoms with Crippen molar-refractivity contribution < 1.29 is 9.47 Å². The molecule has 0 unspecified atom stereocenters. The summed E-state index contributed by atoms with van der Waals surface area (Å²) < 4.78 is 10.9. The van der Waals surface area contributed by atoms with E-state index >= 15 is 0 Å². The van der Waals surface area contributed by atoms with Gasteiger partial charge in [-0.25, -0.2) is 0 Å². The van der Waals surface area contributed by atoms with E-state index in [4.69, 9.17) is 9.47 Å². The number of guanidine groups is 1. The van der Waals surface area contributed by atoms with Crippen molar-refractivity contribution in [2.75, 3.05) is 40.4 Å². The van der Waals surface area contributed by atoms with Crippen molar-refractivity contribution in [2.24, 2.45) is 4.99 Å². The first-order chi connectivity index (χ1) is 14.3. The SMILES string of the molecule is CN=C(NCCOc1ccc(OC)cc1)NC1CCN(Cc2ccccc2)CC1.I. The van der Waals surface area contributed by atoms with Gasteiger partial charge in [-0.15, -0.1) is 24.0 Å². The van der Waals surface area contributed by atoms with E-state index in [1.165, 1.54) is 5.56 Å². The third-order valence-corrected chi connectivity index (χ3v) is 5.12. The molecule has 2 aromatic rings. The van der Waals surface area contributed by atoms with Crippen LogP contribution in [-0.4, -0.2) is 57.3 Å². The molecule has 2 N–H and O–H groups in total. The number of nitrogens with zero attached hydrogens (tertiary/aromatic N) is 2. The lowest BCUT2D eigenvalue weighted by atomic mass is 10.0. The number of methoxy groups -OCH3 is 1. The molecule has 164 valence electrons. The minimum atomic E-state index is 0. The minimum Gasteiger partial charge on any atom is -0.497 e. The summed E-state index contributed by atoms with van der Waals surface area (Å²) in [5.74, 6) is 2.50. The lowest BCUT2D eigenvalue weighted by Crippen LogP contribution is -2.49. The highest BCUT2D eigenvalue weighted by Crippen LogP contribution is 2.17. The van der Waals surface area contributed by atoms with Gasteiger partial charge in [0.1, 0.15) is 18.1 Å². The van der Waals surface area contributed by atoms with Crippen molar-refractivity contribution in [2.45, 2.75) is 25.4 Å². The number of aliphatic imine (C=N–C) groups is 1. The van der Waals surface area contributed by atoms with Crippen molar-refractivity contribution in [3.05, 3.63) is 60.2 Å². The van der Waals surface area contributed by atoms with Gasteiger partial charge < -0.3 is 20.1 Å². The molecule has 1 saturated heterocycles. The number of nitrogens with one attached hydrogen (secondary N) is 2. The van der Waals surface area contributed by atoms with Crippen molar-refractivity contribution in [3.63, 3.8) is 0 Å². The molecule has 7 heteroatoms. The van der Waals surface area contributed by atoms with Crippen LogP contribution in [0.1, 0.15) is 18.4 Å². The number of ether oxygens (including phenoxy) is 2. The Morgan fingerprint density at radius 2 is 1.70 bits per heavy atom. The predicted octanol–water partition coefficient (Wildman–Crippen LogP) is 3.52. The molecule has 0 bridgehead atoms. The fourth-order valence-electron chi connectivity index (χ4n) is 3.48. The summed E-state index contributed by atoms with van der Waals surface area (Å²) in [5, 5.41) is 6.88. The van der Waals surface area contributed by atoms with Gasteiger partial charge >= 0.3 is 0 Å². The monoisotopic (exact) mass is 524 g/mol. The van der Waals surface area contributed by atoms with E-state index in [0.717, 1.165) is 49.9 Å². The Bertz CT molecular complexity index is 748. The lowest BCUT2D eigenvalue weighted by molar-refractivity contribution is 0.198. The van der Waals surface area contributed by atoms with Gasteiger partial charge in [0.25, 0.3) is 0 Å². The number of benzene rings is 2. The van der Waals surface area contributed by atoms with Gasteiger partial charge in [0, 0.05) is 32.7 Å². The average Bonchev–Trinajstić information content (AvgIpc) is 2.78. The van der Waals surface area contributed by atoms with Gasteiger partial charge in [-0.2, -0.15) is 0 Å². The highest BCUT2D eigenvalue weighted by Gasteiger charge is 2.19. The molecule has 30 heavy (non-hydrogen) atoms. The van der Waals surface area contributed by atoms with Gasteiger partial charge in [0.15, 0.2) is 5.96 Å². The quantitative estimate of drug-likeness (QED) is 0.240. The molecule has 0 saturated carbocycles. The maximum atomic E-state index is 5.75. The molecular formula is C23H33IN4O2. The second kappa shape index (κ2) is 13.3. The van der Waals surface area contributed by atoms with E-state index in [-0.39, 0.29) is 24.0 Å². The first kappa shape index (κ1) is 24.3. The van der Waals surface area contributed by atoms with Crippen LogP contribution in [0.5, 0.6) is 11.5 Å². The van der Waals surface area contributed by atoms with Crippen LogP contribution in [0.15, 0.2) is 59.6 Å². The third-order valence-electron chi connectivity index (χ3n) is 5.12. The molecule has 0 aromatic heterocycles. The number of halogens is 1. The standard InChI is InChI=1S/C23H32N4O2.HI/c1-24-23(25-14-17-29-22-10-8-21(28-2)9-11-22)26-20-12-15-27(16-13-20)18-19-6-4-3-5-7-19;/h3-11,20H,12-18H2,1-2H3,(H2,24,25,26);1H. The number of hydrogen-bond acceptors (Lipinski definition) is 4. The molecule has 0 spiro atoms. The molecule has 0 aliphatic carbocycles. The van der Waals surface area contributed by atoms with Gasteiger partial charge in [0.05, 0.1) is 13.7 Å². The van der Waals surface area contributed by atoms with Crippen molar-refractivity contribution in [1.82, 2.24) is 15.5 Å². The van der Waals surface area contributed by atoms with Crippen molar-refractivity contribution in [3.8, 4) is 11.5 Å². The third kappa shape index (κ3) is 8.02. The zero-order chi connectivity index (χ0) is 20.3. The number of likely N-dealkylation sites (tertiary alicyclic amines) is 1. The summed E-state index contributed by atoms with van der Waals surface area (Å²) in [4.78, 5) is 6.87. The smallest absolute Gasteiger partial charge is 0.191 e. The zero-order valence-electron chi connectivity index (χ0n) is 17.8. The highest BCUT2D eigenvalue weighted by atomic mass is 127. The Morgan fingerprint density at radius 3 is 2.33 bits per heavy atom. The van der Waals surface area contributed by atoms with E-state index in [0.29, 0.717) is 19.2 Å². The van der Waals surface area contributed by atoms with E-state index in [1.54, 1.807) is 7.11 Å². The molecule has 1 aliphatic heterocycles. The van der Waals surface area contributed by atoms with E-state index in [1.807, 2.05) is 31.3 Å².